The Morgan fingerprint density at radius 2 is 1.87 bits per heavy atom. The lowest BCUT2D eigenvalue weighted by atomic mass is 10.2. The van der Waals surface area contributed by atoms with E-state index in [9.17, 15) is 14.9 Å². The number of nitro benzene ring substituents is 1. The highest BCUT2D eigenvalue weighted by atomic mass is 32.2. The highest BCUT2D eigenvalue weighted by Crippen LogP contribution is 2.25. The first-order valence-electron chi connectivity index (χ1n) is 6.93. The first-order chi connectivity index (χ1) is 11.1. The third-order valence-corrected chi connectivity index (χ3v) is 4.10. The molecule has 0 aliphatic carbocycles. The summed E-state index contributed by atoms with van der Waals surface area (Å²) in [5.41, 5.74) is 3.40. The van der Waals surface area contributed by atoms with Gasteiger partial charge in [0.1, 0.15) is 0 Å². The lowest BCUT2D eigenvalue weighted by Gasteiger charge is -2.12. The molecule has 0 aliphatic rings. The van der Waals surface area contributed by atoms with Crippen LogP contribution in [0.5, 0.6) is 0 Å². The number of amides is 1. The van der Waals surface area contributed by atoms with E-state index in [4.69, 9.17) is 4.84 Å². The number of hydrogen-bond acceptors (Lipinski definition) is 5. The predicted octanol–water partition coefficient (Wildman–Crippen LogP) is 3.32. The molecule has 0 aromatic heterocycles. The van der Waals surface area contributed by atoms with Gasteiger partial charge in [0, 0.05) is 17.0 Å². The summed E-state index contributed by atoms with van der Waals surface area (Å²) >= 11 is 1.30. The van der Waals surface area contributed by atoms with Gasteiger partial charge in [-0.05, 0) is 24.6 Å². The van der Waals surface area contributed by atoms with E-state index in [-0.39, 0.29) is 16.8 Å². The SMILES string of the molecule is C[C@H](Sc1ccc([N+](=O)[O-])cc1)C(=O)NOCc1ccccc1. The monoisotopic (exact) mass is 332 g/mol. The highest BCUT2D eigenvalue weighted by molar-refractivity contribution is 8.00. The van der Waals surface area contributed by atoms with Crippen molar-refractivity contribution < 1.29 is 14.6 Å². The molecule has 0 fully saturated rings. The van der Waals surface area contributed by atoms with E-state index in [0.717, 1.165) is 10.5 Å². The number of benzene rings is 2. The van der Waals surface area contributed by atoms with Gasteiger partial charge in [-0.15, -0.1) is 11.8 Å². The van der Waals surface area contributed by atoms with Crippen molar-refractivity contribution in [3.05, 3.63) is 70.3 Å². The zero-order chi connectivity index (χ0) is 16.7. The Morgan fingerprint density at radius 1 is 1.22 bits per heavy atom. The van der Waals surface area contributed by atoms with Crippen LogP contribution in [0.15, 0.2) is 59.5 Å². The van der Waals surface area contributed by atoms with Gasteiger partial charge in [0.05, 0.1) is 16.8 Å². The summed E-state index contributed by atoms with van der Waals surface area (Å²) in [7, 11) is 0. The van der Waals surface area contributed by atoms with Crippen LogP contribution in [0.1, 0.15) is 12.5 Å². The Hall–Kier alpha value is -2.38. The van der Waals surface area contributed by atoms with Crippen molar-refractivity contribution in [1.29, 1.82) is 0 Å². The Bertz CT molecular complexity index is 662. The van der Waals surface area contributed by atoms with Crippen molar-refractivity contribution >= 4 is 23.4 Å². The molecule has 1 N–H and O–H groups in total. The molecule has 0 radical (unpaired) electrons. The topological polar surface area (TPSA) is 81.5 Å². The lowest BCUT2D eigenvalue weighted by molar-refractivity contribution is -0.384. The van der Waals surface area contributed by atoms with E-state index in [2.05, 4.69) is 5.48 Å². The standard InChI is InChI=1S/C16H16N2O4S/c1-12(23-15-9-7-14(8-10-15)18(20)21)16(19)17-22-11-13-5-3-2-4-6-13/h2-10,12H,11H2,1H3,(H,17,19)/t12-/m0/s1. The van der Waals surface area contributed by atoms with Crippen molar-refractivity contribution in [3.8, 4) is 0 Å². The molecule has 2 aromatic rings. The van der Waals surface area contributed by atoms with Gasteiger partial charge in [-0.2, -0.15) is 0 Å². The van der Waals surface area contributed by atoms with Crippen LogP contribution in [0.25, 0.3) is 0 Å². The van der Waals surface area contributed by atoms with Crippen LogP contribution >= 0.6 is 11.8 Å². The first kappa shape index (κ1) is 17.0. The fraction of sp³-hybridized carbons (Fsp3) is 0.188. The number of hydrogen-bond donors (Lipinski definition) is 1. The Labute approximate surface area is 138 Å². The molecule has 0 aliphatic heterocycles. The maximum Gasteiger partial charge on any atom is 0.269 e. The number of nitro groups is 1. The van der Waals surface area contributed by atoms with Gasteiger partial charge in [-0.3, -0.25) is 19.7 Å². The summed E-state index contributed by atoms with van der Waals surface area (Å²) in [5.74, 6) is -0.260. The van der Waals surface area contributed by atoms with Crippen LogP contribution in [-0.2, 0) is 16.2 Å². The Kier molecular flexibility index (Phi) is 6.13. The third kappa shape index (κ3) is 5.39. The minimum Gasteiger partial charge on any atom is -0.272 e. The largest absolute Gasteiger partial charge is 0.272 e. The maximum absolute atomic E-state index is 11.9. The number of thioether (sulfide) groups is 1. The molecular weight excluding hydrogens is 316 g/mol. The van der Waals surface area contributed by atoms with E-state index in [0.29, 0.717) is 6.61 Å². The summed E-state index contributed by atoms with van der Waals surface area (Å²) < 4.78 is 0. The van der Waals surface area contributed by atoms with Crippen LogP contribution < -0.4 is 5.48 Å². The Morgan fingerprint density at radius 3 is 2.48 bits per heavy atom. The van der Waals surface area contributed by atoms with E-state index >= 15 is 0 Å². The second kappa shape index (κ2) is 8.30. The number of nitrogens with zero attached hydrogens (tertiary/aromatic N) is 1. The normalized spacial score (nSPS) is 11.7. The van der Waals surface area contributed by atoms with E-state index in [1.165, 1.54) is 23.9 Å². The van der Waals surface area contributed by atoms with Gasteiger partial charge in [0.25, 0.3) is 11.6 Å². The van der Waals surface area contributed by atoms with Gasteiger partial charge >= 0.3 is 0 Å². The van der Waals surface area contributed by atoms with E-state index in [1.54, 1.807) is 19.1 Å². The van der Waals surface area contributed by atoms with Gasteiger partial charge in [0.15, 0.2) is 0 Å². The minimum atomic E-state index is -0.456. The molecule has 6 nitrogen and oxygen atoms in total. The molecule has 0 spiro atoms. The second-order valence-electron chi connectivity index (χ2n) is 4.75. The summed E-state index contributed by atoms with van der Waals surface area (Å²) in [6.45, 7) is 2.04. The first-order valence-corrected chi connectivity index (χ1v) is 7.81. The Balaban J connectivity index is 1.79. The molecule has 0 unspecified atom stereocenters. The van der Waals surface area contributed by atoms with Crippen LogP contribution in [0, 0.1) is 10.1 Å². The molecule has 0 saturated heterocycles. The van der Waals surface area contributed by atoms with E-state index < -0.39 is 4.92 Å². The zero-order valence-corrected chi connectivity index (χ0v) is 13.3. The molecule has 7 heteroatoms. The average Bonchev–Trinajstić information content (AvgIpc) is 2.56. The quantitative estimate of drug-likeness (QED) is 0.478. The number of carbonyl (C=O) groups excluding carboxylic acids is 1. The molecule has 0 bridgehead atoms. The van der Waals surface area contributed by atoms with Crippen LogP contribution in [0.2, 0.25) is 0 Å². The van der Waals surface area contributed by atoms with Gasteiger partial charge in [0.2, 0.25) is 0 Å². The summed E-state index contributed by atoms with van der Waals surface area (Å²) in [5, 5.41) is 10.2. The molecule has 2 rings (SSSR count). The molecule has 0 saturated carbocycles. The average molecular weight is 332 g/mol. The maximum atomic E-state index is 11.9. The smallest absolute Gasteiger partial charge is 0.269 e. The zero-order valence-electron chi connectivity index (χ0n) is 12.5. The fourth-order valence-electron chi connectivity index (χ4n) is 1.75. The summed E-state index contributed by atoms with van der Waals surface area (Å²) in [6.07, 6.45) is 0. The van der Waals surface area contributed by atoms with Gasteiger partial charge in [-0.25, -0.2) is 5.48 Å². The molecular formula is C16H16N2O4S. The molecule has 120 valence electrons. The molecule has 1 atom stereocenters. The van der Waals surface area contributed by atoms with Crippen molar-refractivity contribution in [2.24, 2.45) is 0 Å². The van der Waals surface area contributed by atoms with Crippen molar-refractivity contribution in [1.82, 2.24) is 5.48 Å². The highest BCUT2D eigenvalue weighted by Gasteiger charge is 2.15. The molecule has 23 heavy (non-hydrogen) atoms. The third-order valence-electron chi connectivity index (χ3n) is 2.98. The lowest BCUT2D eigenvalue weighted by Crippen LogP contribution is -2.30. The number of nitrogens with one attached hydrogen (secondary N) is 1. The molecule has 1 amide bonds. The second-order valence-corrected chi connectivity index (χ2v) is 6.17. The summed E-state index contributed by atoms with van der Waals surface area (Å²) in [4.78, 5) is 28.1. The van der Waals surface area contributed by atoms with Gasteiger partial charge in [-0.1, -0.05) is 30.3 Å². The van der Waals surface area contributed by atoms with Gasteiger partial charge < -0.3 is 0 Å². The van der Waals surface area contributed by atoms with E-state index in [1.807, 2.05) is 30.3 Å². The molecule has 2 aromatic carbocycles. The number of non-ortho nitro benzene ring substituents is 1. The van der Waals surface area contributed by atoms with Crippen LogP contribution in [0.3, 0.4) is 0 Å². The number of carbonyl (C=O) groups is 1. The van der Waals surface area contributed by atoms with Crippen molar-refractivity contribution in [2.75, 3.05) is 0 Å². The minimum absolute atomic E-state index is 0.0256. The fourth-order valence-corrected chi connectivity index (χ4v) is 2.61. The molecule has 0 heterocycles. The summed E-state index contributed by atoms with van der Waals surface area (Å²) in [6, 6.07) is 15.6. The number of hydroxylamine groups is 1. The van der Waals surface area contributed by atoms with Crippen LogP contribution in [0.4, 0.5) is 5.69 Å². The van der Waals surface area contributed by atoms with Crippen LogP contribution in [-0.4, -0.2) is 16.1 Å². The van der Waals surface area contributed by atoms with Crippen molar-refractivity contribution in [3.63, 3.8) is 0 Å². The predicted molar refractivity (Wildman–Crippen MR) is 87.8 cm³/mol. The van der Waals surface area contributed by atoms with Crippen molar-refractivity contribution in [2.45, 2.75) is 23.7 Å². The number of rotatable bonds is 7.